The molecule has 14 aromatic carbocycles. The highest BCUT2D eigenvalue weighted by atomic mass is 15.2. The van der Waals surface area contributed by atoms with Gasteiger partial charge in [0.2, 0.25) is 0 Å². The Morgan fingerprint density at radius 1 is 0.217 bits per heavy atom. The summed E-state index contributed by atoms with van der Waals surface area (Å²) in [5, 5.41) is -0.298. The monoisotopic (exact) mass is 1710 g/mol. The Hall–Kier alpha value is -11.7. The highest BCUT2D eigenvalue weighted by Gasteiger charge is 2.48. The average Bonchev–Trinajstić information content (AvgIpc) is 1.53. The van der Waals surface area contributed by atoms with E-state index in [9.17, 15) is 21.9 Å². The van der Waals surface area contributed by atoms with Crippen LogP contribution in [0.1, 0.15) is 285 Å². The van der Waals surface area contributed by atoms with E-state index in [1.807, 2.05) is 12.1 Å². The molecule has 0 saturated heterocycles. The molecule has 0 fully saturated rings. The molecule has 0 bridgehead atoms. The molecule has 0 saturated carbocycles. The summed E-state index contributed by atoms with van der Waals surface area (Å²) in [4.78, 5) is 4.93. The van der Waals surface area contributed by atoms with Gasteiger partial charge in [-0.15, -0.1) is 0 Å². The summed E-state index contributed by atoms with van der Waals surface area (Å²) in [7, 11) is 0. The van der Waals surface area contributed by atoms with Crippen molar-refractivity contribution in [2.45, 2.75) is 262 Å². The summed E-state index contributed by atoms with van der Waals surface area (Å²) in [6, 6.07) is 57.3. The first kappa shape index (κ1) is 70.3. The van der Waals surface area contributed by atoms with Crippen LogP contribution < -0.4 is 26.2 Å². The van der Waals surface area contributed by atoms with Crippen LogP contribution in [0.2, 0.25) is 0 Å². The summed E-state index contributed by atoms with van der Waals surface area (Å²) in [5.41, 5.74) is 22.7. The van der Waals surface area contributed by atoms with E-state index < -0.39 is 141 Å². The van der Waals surface area contributed by atoms with E-state index in [0.717, 1.165) is 150 Å². The van der Waals surface area contributed by atoms with Gasteiger partial charge < -0.3 is 18.9 Å². The van der Waals surface area contributed by atoms with E-state index in [1.165, 1.54) is 0 Å². The molecule has 0 spiro atoms. The van der Waals surface area contributed by atoms with Gasteiger partial charge in [0.25, 0.3) is 6.71 Å². The number of hydrogen-bond donors (Lipinski definition) is 0. The molecule has 654 valence electrons. The summed E-state index contributed by atoms with van der Waals surface area (Å²) in [6.45, 7) is 66.8. The van der Waals surface area contributed by atoms with Crippen LogP contribution in [0.5, 0.6) is 0 Å². The van der Waals surface area contributed by atoms with Gasteiger partial charge in [0.1, 0.15) is 0 Å². The van der Waals surface area contributed by atoms with Gasteiger partial charge in [0, 0.05) is 77.9 Å². The fraction of sp³-hybridized carbons (Fsp3) is 0.323. The highest BCUT2D eigenvalue weighted by molar-refractivity contribution is 7.00. The second kappa shape index (κ2) is 30.5. The normalized spacial score (nSPS) is 15.5. The molecule has 0 aliphatic carbocycles. The molecular formula is C124H135BN4. The van der Waals surface area contributed by atoms with Crippen molar-refractivity contribution in [3.05, 3.63) is 328 Å². The Morgan fingerprint density at radius 2 is 0.519 bits per heavy atom. The third-order valence-corrected chi connectivity index (χ3v) is 27.1. The molecule has 16 aromatic rings. The van der Waals surface area contributed by atoms with Gasteiger partial charge in [-0.25, -0.2) is 0 Å². The van der Waals surface area contributed by atoms with E-state index >= 15 is 0 Å². The van der Waals surface area contributed by atoms with Crippen molar-refractivity contribution in [1.29, 1.82) is 0 Å². The fourth-order valence-electron chi connectivity index (χ4n) is 19.4. The number of anilines is 6. The third kappa shape index (κ3) is 15.6. The lowest BCUT2D eigenvalue weighted by Crippen LogP contribution is -2.61. The largest absolute Gasteiger partial charge is 0.310 e. The predicted octanol–water partition coefficient (Wildman–Crippen LogP) is 33.3. The molecule has 2 aliphatic rings. The topological polar surface area (TPSA) is 16.3 Å². The minimum atomic E-state index is -0.865. The average molecular weight is 1710 g/mol. The van der Waals surface area contributed by atoms with Gasteiger partial charge in [0.15, 0.2) is 0 Å². The standard InChI is InChI=1S/C124H135BN4/c1-115(2,3)80-51-47-76(48-52-80)95-69-86(121(19,20)21)71-98(90-59-55-83(118(10,11)12)73-101(90)124(28,29)30)113(95)128-108-74-88(126-104-43-35-31-39-91(104)92-40-32-36-44-105(92)126)57-61-102(108)125-103-62-58-89(127-106-45-37-33-41-93(106)94-42-34-38-46-107(94)127)75-109(103)129(111-66-79(65-110(128)112(111)125)78-63-84(119(13,14)15)67-85(64-78)120(16,17)18)114-96(77-49-53-81(54-50-77)116(4,5)6)70-87(122(22,23)24)72-99(114)97-68-82(117(7,8)9)56-60-100(97)123(25,26)27/h31-75H,1-30H3/i31D,32D,33D,34D,35D,36D,37D,38D,39D,40D,41D,42D,43D,44D,45D,46D. The third-order valence-electron chi connectivity index (χ3n) is 27.1. The maximum atomic E-state index is 10.2. The lowest BCUT2D eigenvalue weighted by molar-refractivity contribution is 0.568. The van der Waals surface area contributed by atoms with Crippen LogP contribution in [-0.2, 0) is 54.1 Å². The molecule has 0 N–H and O–H groups in total. The number of aromatic nitrogens is 2. The number of fused-ring (bicyclic) bond motifs is 10. The van der Waals surface area contributed by atoms with Crippen molar-refractivity contribution in [2.75, 3.05) is 9.80 Å². The lowest BCUT2D eigenvalue weighted by Gasteiger charge is -2.46. The van der Waals surface area contributed by atoms with Crippen LogP contribution in [0.3, 0.4) is 0 Å². The fourth-order valence-corrected chi connectivity index (χ4v) is 19.4. The van der Waals surface area contributed by atoms with E-state index in [-0.39, 0.29) is 59.9 Å². The first-order valence-corrected chi connectivity index (χ1v) is 46.1. The van der Waals surface area contributed by atoms with Crippen molar-refractivity contribution in [2.24, 2.45) is 0 Å². The van der Waals surface area contributed by atoms with Crippen molar-refractivity contribution in [3.63, 3.8) is 0 Å². The van der Waals surface area contributed by atoms with E-state index in [1.54, 1.807) is 9.13 Å². The number of hydrogen-bond acceptors (Lipinski definition) is 2. The molecule has 129 heavy (non-hydrogen) atoms. The smallest absolute Gasteiger partial charge is 0.252 e. The molecule has 2 aromatic heterocycles. The van der Waals surface area contributed by atoms with Gasteiger partial charge in [-0.3, -0.25) is 0 Å². The Morgan fingerprint density at radius 3 is 0.876 bits per heavy atom. The zero-order chi connectivity index (χ0) is 106. The van der Waals surface area contributed by atoms with Crippen LogP contribution in [0, 0.1) is 0 Å². The van der Waals surface area contributed by atoms with Crippen LogP contribution in [0.25, 0.3) is 111 Å². The molecular weight excluding hydrogens is 1560 g/mol. The molecule has 4 nitrogen and oxygen atoms in total. The SMILES string of the molecule is [2H]c1c([2H])c([2H])c2c(c1[2H])c1c([2H])c([2H])c([2H])c([2H])c1n2-c1ccc2c(c1)N(c1c(-c3ccc(C(C)(C)C)cc3)cc(C(C)(C)C)cc1-c1cc(C(C)(C)C)ccc1C(C)(C)C)c1cc(-c3cc(C(C)(C)C)cc(C(C)(C)C)c3)cc3c1B2c1ccc(-n2c4c([2H])c([2H])c([2H])c([2H])c4c4c([2H])c([2H])c([2H])c([2H])c42)cc1N3c1c(-c2ccc(C(C)(C)C)cc2)cc(C(C)(C)C)cc1-c1ccc(C(C)(C)C)cc1C(C)(C)C. The second-order valence-electron chi connectivity index (χ2n) is 46.9. The first-order valence-electron chi connectivity index (χ1n) is 54.1. The lowest BCUT2D eigenvalue weighted by atomic mass is 9.33. The van der Waals surface area contributed by atoms with Crippen molar-refractivity contribution < 1.29 is 21.9 Å². The van der Waals surface area contributed by atoms with Gasteiger partial charge in [-0.05, 0) is 244 Å². The number of nitrogens with zero attached hydrogens (tertiary/aromatic N) is 4. The quantitative estimate of drug-likeness (QED) is 0.134. The Labute approximate surface area is 794 Å². The van der Waals surface area contributed by atoms with Gasteiger partial charge in [0.05, 0.1) is 55.4 Å². The van der Waals surface area contributed by atoms with Crippen LogP contribution >= 0.6 is 0 Å². The summed E-state index contributed by atoms with van der Waals surface area (Å²) in [6.07, 6.45) is 0. The van der Waals surface area contributed by atoms with Crippen LogP contribution in [-0.4, -0.2) is 15.8 Å². The molecule has 2 aliphatic heterocycles. The maximum absolute atomic E-state index is 10.2. The molecule has 0 atom stereocenters. The minimum absolute atomic E-state index is 0.0527. The first-order chi connectivity index (χ1) is 66.9. The number of para-hydroxylation sites is 4. The molecule has 0 radical (unpaired) electrons. The summed E-state index contributed by atoms with van der Waals surface area (Å²) >= 11 is 0. The Bertz CT molecular complexity index is 8020. The highest BCUT2D eigenvalue weighted by Crippen LogP contribution is 2.58. The zero-order valence-electron chi connectivity index (χ0n) is 97.6. The molecule has 5 heteroatoms. The predicted molar refractivity (Wildman–Crippen MR) is 563 cm³/mol. The van der Waals surface area contributed by atoms with Crippen LogP contribution in [0.4, 0.5) is 34.1 Å². The summed E-state index contributed by atoms with van der Waals surface area (Å²) in [5.74, 6) is 0. The van der Waals surface area contributed by atoms with Gasteiger partial charge in [-0.1, -0.05) is 395 Å². The van der Waals surface area contributed by atoms with Crippen LogP contribution in [0.15, 0.2) is 273 Å². The van der Waals surface area contributed by atoms with Crippen molar-refractivity contribution >= 4 is 101 Å². The van der Waals surface area contributed by atoms with E-state index in [0.29, 0.717) is 22.7 Å². The molecule has 0 amide bonds. The Kier molecular flexibility index (Phi) is 16.6. The maximum Gasteiger partial charge on any atom is 0.252 e. The molecule has 0 unspecified atom stereocenters. The minimum Gasteiger partial charge on any atom is -0.310 e. The van der Waals surface area contributed by atoms with Gasteiger partial charge in [-0.2, -0.15) is 0 Å². The van der Waals surface area contributed by atoms with Crippen molar-refractivity contribution in [3.8, 4) is 67.0 Å². The zero-order valence-corrected chi connectivity index (χ0v) is 81.6. The second-order valence-corrected chi connectivity index (χ2v) is 46.9. The molecule has 4 heterocycles. The molecule has 18 rings (SSSR count). The van der Waals surface area contributed by atoms with Crippen molar-refractivity contribution in [1.82, 2.24) is 9.13 Å². The van der Waals surface area contributed by atoms with Gasteiger partial charge >= 0.3 is 0 Å². The Balaban J connectivity index is 1.17. The van der Waals surface area contributed by atoms with E-state index in [4.69, 9.17) is 0 Å². The number of rotatable bonds is 9. The summed E-state index contributed by atoms with van der Waals surface area (Å²) < 4.78 is 160. The van der Waals surface area contributed by atoms with E-state index in [2.05, 4.69) is 381 Å². The number of benzene rings is 14.